The maximum atomic E-state index is 5.72. The molecule has 0 rings (SSSR count). The SMILES string of the molecule is CC(C)(C)OCCC(C)(C)OCCCN. The van der Waals surface area contributed by atoms with E-state index in [9.17, 15) is 0 Å². The largest absolute Gasteiger partial charge is 0.376 e. The van der Waals surface area contributed by atoms with Gasteiger partial charge in [0.05, 0.1) is 11.2 Å². The summed E-state index contributed by atoms with van der Waals surface area (Å²) in [7, 11) is 0. The molecule has 0 fully saturated rings. The summed E-state index contributed by atoms with van der Waals surface area (Å²) in [5.74, 6) is 0. The van der Waals surface area contributed by atoms with Crippen molar-refractivity contribution in [3.63, 3.8) is 0 Å². The Morgan fingerprint density at radius 3 is 2.00 bits per heavy atom. The number of rotatable bonds is 7. The van der Waals surface area contributed by atoms with Gasteiger partial charge >= 0.3 is 0 Å². The van der Waals surface area contributed by atoms with Crippen LogP contribution in [0.4, 0.5) is 0 Å². The van der Waals surface area contributed by atoms with Crippen LogP contribution in [0.25, 0.3) is 0 Å². The molecule has 3 heteroatoms. The van der Waals surface area contributed by atoms with Gasteiger partial charge in [-0.3, -0.25) is 0 Å². The summed E-state index contributed by atoms with van der Waals surface area (Å²) in [6, 6.07) is 0. The van der Waals surface area contributed by atoms with Gasteiger partial charge in [0.15, 0.2) is 0 Å². The van der Waals surface area contributed by atoms with E-state index in [1.165, 1.54) is 0 Å². The lowest BCUT2D eigenvalue weighted by Crippen LogP contribution is -2.30. The smallest absolute Gasteiger partial charge is 0.0648 e. The van der Waals surface area contributed by atoms with Crippen LogP contribution >= 0.6 is 0 Å². The molecule has 0 heterocycles. The van der Waals surface area contributed by atoms with Crippen molar-refractivity contribution in [3.8, 4) is 0 Å². The molecule has 0 aromatic carbocycles. The first-order chi connectivity index (χ1) is 6.77. The van der Waals surface area contributed by atoms with Crippen LogP contribution < -0.4 is 5.73 Å². The normalized spacial score (nSPS) is 13.2. The Morgan fingerprint density at radius 1 is 0.933 bits per heavy atom. The number of ether oxygens (including phenoxy) is 2. The molecule has 0 unspecified atom stereocenters. The standard InChI is InChI=1S/C12H27NO2/c1-11(2,3)14-10-7-12(4,5)15-9-6-8-13/h6-10,13H2,1-5H3. The Balaban J connectivity index is 3.64. The van der Waals surface area contributed by atoms with Crippen molar-refractivity contribution < 1.29 is 9.47 Å². The maximum Gasteiger partial charge on any atom is 0.0648 e. The van der Waals surface area contributed by atoms with Crippen molar-refractivity contribution >= 4 is 0 Å². The number of hydrogen-bond acceptors (Lipinski definition) is 3. The molecule has 92 valence electrons. The minimum absolute atomic E-state index is 0.0622. The van der Waals surface area contributed by atoms with Gasteiger partial charge in [-0.05, 0) is 54.0 Å². The summed E-state index contributed by atoms with van der Waals surface area (Å²) in [5.41, 5.74) is 5.24. The van der Waals surface area contributed by atoms with Gasteiger partial charge in [0.1, 0.15) is 0 Å². The van der Waals surface area contributed by atoms with Crippen LogP contribution in [-0.2, 0) is 9.47 Å². The summed E-state index contributed by atoms with van der Waals surface area (Å²) in [6.45, 7) is 12.5. The Morgan fingerprint density at radius 2 is 1.53 bits per heavy atom. The molecule has 0 aliphatic carbocycles. The highest BCUT2D eigenvalue weighted by Gasteiger charge is 2.19. The second kappa shape index (κ2) is 6.46. The molecular weight excluding hydrogens is 190 g/mol. The summed E-state index contributed by atoms with van der Waals surface area (Å²) in [6.07, 6.45) is 1.83. The Labute approximate surface area is 94.3 Å². The van der Waals surface area contributed by atoms with E-state index in [-0.39, 0.29) is 11.2 Å². The Bertz CT molecular complexity index is 161. The Hall–Kier alpha value is -0.120. The molecule has 0 aromatic rings. The summed E-state index contributed by atoms with van der Waals surface area (Å²) in [4.78, 5) is 0. The van der Waals surface area contributed by atoms with Crippen LogP contribution in [-0.4, -0.2) is 31.0 Å². The third-order valence-corrected chi connectivity index (χ3v) is 2.08. The van der Waals surface area contributed by atoms with Crippen molar-refractivity contribution in [2.45, 2.75) is 58.7 Å². The zero-order valence-electron chi connectivity index (χ0n) is 10.9. The molecule has 0 saturated heterocycles. The highest BCUT2D eigenvalue weighted by atomic mass is 16.5. The fraction of sp³-hybridized carbons (Fsp3) is 1.00. The molecule has 15 heavy (non-hydrogen) atoms. The lowest BCUT2D eigenvalue weighted by molar-refractivity contribution is -0.0665. The van der Waals surface area contributed by atoms with E-state index in [1.54, 1.807) is 0 Å². The minimum atomic E-state index is -0.111. The summed E-state index contributed by atoms with van der Waals surface area (Å²) >= 11 is 0. The van der Waals surface area contributed by atoms with Crippen molar-refractivity contribution in [3.05, 3.63) is 0 Å². The fourth-order valence-corrected chi connectivity index (χ4v) is 1.11. The molecule has 0 radical (unpaired) electrons. The van der Waals surface area contributed by atoms with Gasteiger partial charge in [0.2, 0.25) is 0 Å². The third kappa shape index (κ3) is 10.2. The lowest BCUT2D eigenvalue weighted by Gasteiger charge is -2.27. The van der Waals surface area contributed by atoms with Crippen LogP contribution in [0.2, 0.25) is 0 Å². The molecule has 3 nitrogen and oxygen atoms in total. The average Bonchev–Trinajstić information content (AvgIpc) is 2.01. The maximum absolute atomic E-state index is 5.72. The summed E-state index contributed by atoms with van der Waals surface area (Å²) < 4.78 is 11.4. The molecule has 0 spiro atoms. The van der Waals surface area contributed by atoms with E-state index in [0.29, 0.717) is 6.54 Å². The predicted octanol–water partition coefficient (Wildman–Crippen LogP) is 2.34. The first-order valence-electron chi connectivity index (χ1n) is 5.75. The number of hydrogen-bond donors (Lipinski definition) is 1. The van der Waals surface area contributed by atoms with E-state index in [2.05, 4.69) is 34.6 Å². The van der Waals surface area contributed by atoms with Gasteiger partial charge in [-0.1, -0.05) is 0 Å². The second-order valence-electron chi connectivity index (χ2n) is 5.46. The van der Waals surface area contributed by atoms with Crippen LogP contribution in [0, 0.1) is 0 Å². The minimum Gasteiger partial charge on any atom is -0.376 e. The highest BCUT2D eigenvalue weighted by molar-refractivity contribution is 4.69. The van der Waals surface area contributed by atoms with Crippen LogP contribution in [0.1, 0.15) is 47.5 Å². The molecule has 0 aromatic heterocycles. The summed E-state index contributed by atoms with van der Waals surface area (Å²) in [5, 5.41) is 0. The molecule has 0 saturated carbocycles. The first kappa shape index (κ1) is 14.9. The fourth-order valence-electron chi connectivity index (χ4n) is 1.11. The Kier molecular flexibility index (Phi) is 6.41. The molecule has 0 aliphatic rings. The van der Waals surface area contributed by atoms with Crippen LogP contribution in [0.3, 0.4) is 0 Å². The molecule has 2 N–H and O–H groups in total. The van der Waals surface area contributed by atoms with Crippen molar-refractivity contribution in [2.75, 3.05) is 19.8 Å². The van der Waals surface area contributed by atoms with E-state index in [1.807, 2.05) is 0 Å². The molecule has 0 bridgehead atoms. The molecule has 0 amide bonds. The van der Waals surface area contributed by atoms with Gasteiger partial charge in [0.25, 0.3) is 0 Å². The number of nitrogens with two attached hydrogens (primary N) is 1. The zero-order chi connectivity index (χ0) is 11.9. The molecule has 0 atom stereocenters. The van der Waals surface area contributed by atoms with E-state index < -0.39 is 0 Å². The monoisotopic (exact) mass is 217 g/mol. The van der Waals surface area contributed by atoms with Gasteiger partial charge in [-0.15, -0.1) is 0 Å². The average molecular weight is 217 g/mol. The molecule has 0 aliphatic heterocycles. The van der Waals surface area contributed by atoms with Gasteiger partial charge in [-0.2, -0.15) is 0 Å². The van der Waals surface area contributed by atoms with Crippen molar-refractivity contribution in [2.24, 2.45) is 5.73 Å². The first-order valence-corrected chi connectivity index (χ1v) is 5.75. The van der Waals surface area contributed by atoms with Gasteiger partial charge in [0, 0.05) is 13.2 Å². The third-order valence-electron chi connectivity index (χ3n) is 2.08. The van der Waals surface area contributed by atoms with E-state index >= 15 is 0 Å². The van der Waals surface area contributed by atoms with Crippen LogP contribution in [0.15, 0.2) is 0 Å². The van der Waals surface area contributed by atoms with Crippen molar-refractivity contribution in [1.82, 2.24) is 0 Å². The van der Waals surface area contributed by atoms with Gasteiger partial charge in [-0.25, -0.2) is 0 Å². The van der Waals surface area contributed by atoms with E-state index in [0.717, 1.165) is 26.1 Å². The highest BCUT2D eigenvalue weighted by Crippen LogP contribution is 2.17. The molecular formula is C12H27NO2. The van der Waals surface area contributed by atoms with E-state index in [4.69, 9.17) is 15.2 Å². The zero-order valence-corrected chi connectivity index (χ0v) is 10.9. The van der Waals surface area contributed by atoms with Crippen molar-refractivity contribution in [1.29, 1.82) is 0 Å². The quantitative estimate of drug-likeness (QED) is 0.666. The predicted molar refractivity (Wildman–Crippen MR) is 64.0 cm³/mol. The van der Waals surface area contributed by atoms with Gasteiger partial charge < -0.3 is 15.2 Å². The van der Waals surface area contributed by atoms with Crippen LogP contribution in [0.5, 0.6) is 0 Å². The lowest BCUT2D eigenvalue weighted by atomic mass is 10.1. The second-order valence-corrected chi connectivity index (χ2v) is 5.46. The topological polar surface area (TPSA) is 44.5 Å².